The Kier molecular flexibility index (Phi) is 5.06. The van der Waals surface area contributed by atoms with Crippen LogP contribution in [0.3, 0.4) is 0 Å². The molecule has 3 heteroatoms. The molecule has 0 heterocycles. The van der Waals surface area contributed by atoms with E-state index in [1.807, 2.05) is 36.4 Å². The topological polar surface area (TPSA) is 12.0 Å². The predicted molar refractivity (Wildman–Crippen MR) is 78.3 cm³/mol. The highest BCUT2D eigenvalue weighted by molar-refractivity contribution is 6.30. The molecule has 2 aromatic carbocycles. The Morgan fingerprint density at radius 2 is 1.22 bits per heavy atom. The van der Waals surface area contributed by atoms with Crippen molar-refractivity contribution in [1.82, 2.24) is 5.32 Å². The summed E-state index contributed by atoms with van der Waals surface area (Å²) in [4.78, 5) is 0. The first-order chi connectivity index (χ1) is 8.74. The monoisotopic (exact) mass is 279 g/mol. The lowest BCUT2D eigenvalue weighted by Gasteiger charge is -2.05. The normalized spacial score (nSPS) is 10.6. The molecule has 0 fully saturated rings. The van der Waals surface area contributed by atoms with Gasteiger partial charge in [0.2, 0.25) is 0 Å². The first-order valence-electron chi connectivity index (χ1n) is 5.93. The van der Waals surface area contributed by atoms with Crippen molar-refractivity contribution in [2.24, 2.45) is 0 Å². The molecule has 0 unspecified atom stereocenters. The summed E-state index contributed by atoms with van der Waals surface area (Å²) >= 11 is 11.7. The van der Waals surface area contributed by atoms with Gasteiger partial charge in [0.05, 0.1) is 0 Å². The van der Waals surface area contributed by atoms with Crippen LogP contribution in [0.5, 0.6) is 0 Å². The van der Waals surface area contributed by atoms with Gasteiger partial charge in [-0.05, 0) is 48.4 Å². The predicted octanol–water partition coefficient (Wildman–Crippen LogP) is 4.33. The van der Waals surface area contributed by atoms with Crippen LogP contribution in [0.15, 0.2) is 48.5 Å². The van der Waals surface area contributed by atoms with Gasteiger partial charge in [0.1, 0.15) is 0 Å². The molecule has 0 aliphatic carbocycles. The lowest BCUT2D eigenvalue weighted by Crippen LogP contribution is -2.16. The Hall–Kier alpha value is -1.02. The molecule has 0 saturated carbocycles. The van der Waals surface area contributed by atoms with Crippen LogP contribution in [0.25, 0.3) is 0 Å². The molecule has 2 aromatic rings. The second-order valence-corrected chi connectivity index (χ2v) is 5.05. The molecular formula is C15H15Cl2N. The average molecular weight is 280 g/mol. The zero-order valence-electron chi connectivity index (χ0n) is 10.00. The summed E-state index contributed by atoms with van der Waals surface area (Å²) in [5.41, 5.74) is 2.54. The molecule has 0 saturated heterocycles. The Balaban J connectivity index is 1.73. The van der Waals surface area contributed by atoms with Crippen molar-refractivity contribution >= 4 is 23.2 Å². The minimum atomic E-state index is 0.778. The number of hydrogen-bond acceptors (Lipinski definition) is 1. The van der Waals surface area contributed by atoms with Crippen LogP contribution in [0.2, 0.25) is 10.0 Å². The fourth-order valence-electron chi connectivity index (χ4n) is 1.72. The summed E-state index contributed by atoms with van der Waals surface area (Å²) in [6.07, 6.45) is 1.00. The van der Waals surface area contributed by atoms with Gasteiger partial charge in [0, 0.05) is 16.6 Å². The van der Waals surface area contributed by atoms with Crippen molar-refractivity contribution in [1.29, 1.82) is 0 Å². The van der Waals surface area contributed by atoms with Crippen molar-refractivity contribution in [3.63, 3.8) is 0 Å². The van der Waals surface area contributed by atoms with Crippen molar-refractivity contribution in [3.05, 3.63) is 69.7 Å². The van der Waals surface area contributed by atoms with Crippen LogP contribution in [-0.2, 0) is 13.0 Å². The number of rotatable bonds is 5. The quantitative estimate of drug-likeness (QED) is 0.804. The van der Waals surface area contributed by atoms with Crippen LogP contribution in [0.1, 0.15) is 11.1 Å². The fraction of sp³-hybridized carbons (Fsp3) is 0.200. The summed E-state index contributed by atoms with van der Waals surface area (Å²) in [6, 6.07) is 15.9. The molecule has 0 atom stereocenters. The van der Waals surface area contributed by atoms with E-state index in [4.69, 9.17) is 23.2 Å². The lowest BCUT2D eigenvalue weighted by atomic mass is 10.1. The molecule has 0 radical (unpaired) electrons. The highest BCUT2D eigenvalue weighted by Gasteiger charge is 1.95. The highest BCUT2D eigenvalue weighted by atomic mass is 35.5. The summed E-state index contributed by atoms with van der Waals surface area (Å²) in [5.74, 6) is 0. The molecule has 94 valence electrons. The number of hydrogen-bond donors (Lipinski definition) is 1. The van der Waals surface area contributed by atoms with E-state index in [1.165, 1.54) is 11.1 Å². The van der Waals surface area contributed by atoms with Gasteiger partial charge < -0.3 is 5.32 Å². The van der Waals surface area contributed by atoms with Crippen molar-refractivity contribution in [2.45, 2.75) is 13.0 Å². The summed E-state index contributed by atoms with van der Waals surface area (Å²) in [7, 11) is 0. The fourth-order valence-corrected chi connectivity index (χ4v) is 1.97. The van der Waals surface area contributed by atoms with Crippen molar-refractivity contribution in [3.8, 4) is 0 Å². The lowest BCUT2D eigenvalue weighted by molar-refractivity contribution is 0.687. The van der Waals surface area contributed by atoms with Crippen molar-refractivity contribution in [2.75, 3.05) is 6.54 Å². The molecule has 0 aromatic heterocycles. The standard InChI is InChI=1S/C15H15Cl2N/c16-14-5-1-12(2-6-14)9-10-18-11-13-3-7-15(17)8-4-13/h1-8,18H,9-11H2. The SMILES string of the molecule is Clc1ccc(CCNCc2ccc(Cl)cc2)cc1. The van der Waals surface area contributed by atoms with E-state index >= 15 is 0 Å². The van der Waals surface area contributed by atoms with E-state index in [9.17, 15) is 0 Å². The smallest absolute Gasteiger partial charge is 0.0406 e. The first kappa shape index (κ1) is 13.4. The third-order valence-corrected chi connectivity index (χ3v) is 3.25. The van der Waals surface area contributed by atoms with E-state index in [2.05, 4.69) is 17.4 Å². The molecule has 0 aliphatic heterocycles. The average Bonchev–Trinajstić information content (AvgIpc) is 2.39. The zero-order chi connectivity index (χ0) is 12.8. The van der Waals surface area contributed by atoms with Gasteiger partial charge in [-0.2, -0.15) is 0 Å². The van der Waals surface area contributed by atoms with Gasteiger partial charge >= 0.3 is 0 Å². The van der Waals surface area contributed by atoms with Crippen molar-refractivity contribution < 1.29 is 0 Å². The van der Waals surface area contributed by atoms with Gasteiger partial charge in [0.15, 0.2) is 0 Å². The van der Waals surface area contributed by atoms with Crippen LogP contribution in [-0.4, -0.2) is 6.54 Å². The van der Waals surface area contributed by atoms with E-state index < -0.39 is 0 Å². The third-order valence-electron chi connectivity index (χ3n) is 2.75. The molecule has 0 amide bonds. The molecule has 0 bridgehead atoms. The van der Waals surface area contributed by atoms with Crippen LogP contribution >= 0.6 is 23.2 Å². The van der Waals surface area contributed by atoms with Crippen LogP contribution < -0.4 is 5.32 Å². The maximum absolute atomic E-state index is 5.84. The summed E-state index contributed by atoms with van der Waals surface area (Å²) in [6.45, 7) is 1.81. The molecule has 1 N–H and O–H groups in total. The first-order valence-corrected chi connectivity index (χ1v) is 6.69. The van der Waals surface area contributed by atoms with Gasteiger partial charge in [-0.1, -0.05) is 47.5 Å². The van der Waals surface area contributed by atoms with Gasteiger partial charge in [0.25, 0.3) is 0 Å². The second kappa shape index (κ2) is 6.79. The molecule has 18 heavy (non-hydrogen) atoms. The molecule has 2 rings (SSSR count). The maximum atomic E-state index is 5.84. The minimum absolute atomic E-state index is 0.778. The Labute approximate surface area is 118 Å². The van der Waals surface area contributed by atoms with Gasteiger partial charge in [-0.3, -0.25) is 0 Å². The number of halogens is 2. The molecule has 1 nitrogen and oxygen atoms in total. The van der Waals surface area contributed by atoms with Crippen LogP contribution in [0, 0.1) is 0 Å². The maximum Gasteiger partial charge on any atom is 0.0406 e. The molecular weight excluding hydrogens is 265 g/mol. The Morgan fingerprint density at radius 1 is 0.722 bits per heavy atom. The summed E-state index contributed by atoms with van der Waals surface area (Å²) in [5, 5.41) is 4.97. The minimum Gasteiger partial charge on any atom is -0.312 e. The number of nitrogens with one attached hydrogen (secondary N) is 1. The van der Waals surface area contributed by atoms with Crippen LogP contribution in [0.4, 0.5) is 0 Å². The molecule has 0 spiro atoms. The number of benzene rings is 2. The third kappa shape index (κ3) is 4.34. The zero-order valence-corrected chi connectivity index (χ0v) is 11.5. The van der Waals surface area contributed by atoms with E-state index in [0.29, 0.717) is 0 Å². The molecule has 0 aliphatic rings. The largest absolute Gasteiger partial charge is 0.312 e. The van der Waals surface area contributed by atoms with Gasteiger partial charge in [-0.15, -0.1) is 0 Å². The Bertz CT molecular complexity index is 429. The summed E-state index contributed by atoms with van der Waals surface area (Å²) < 4.78 is 0. The van der Waals surface area contributed by atoms with E-state index in [-0.39, 0.29) is 0 Å². The van der Waals surface area contributed by atoms with E-state index in [0.717, 1.165) is 29.6 Å². The second-order valence-electron chi connectivity index (χ2n) is 4.18. The highest BCUT2D eigenvalue weighted by Crippen LogP contribution is 2.10. The van der Waals surface area contributed by atoms with Gasteiger partial charge in [-0.25, -0.2) is 0 Å². The Morgan fingerprint density at radius 3 is 1.78 bits per heavy atom. The van der Waals surface area contributed by atoms with E-state index in [1.54, 1.807) is 0 Å².